The Morgan fingerprint density at radius 2 is 2.00 bits per heavy atom. The van der Waals surface area contributed by atoms with E-state index in [0.29, 0.717) is 42.9 Å². The van der Waals surface area contributed by atoms with Crippen molar-refractivity contribution in [2.45, 2.75) is 50.2 Å². The van der Waals surface area contributed by atoms with Crippen molar-refractivity contribution in [2.24, 2.45) is 0 Å². The first kappa shape index (κ1) is 22.7. The normalized spacial score (nSPS) is 21.9. The minimum Gasteiger partial charge on any atom is -0.483 e. The average molecular weight is 459 g/mol. The number of nitrogens with zero attached hydrogens (tertiary/aromatic N) is 1. The van der Waals surface area contributed by atoms with E-state index in [0.717, 1.165) is 0 Å². The molecule has 0 bridgehead atoms. The number of piperidine rings is 1. The highest BCUT2D eigenvalue weighted by atomic mass is 16.5. The van der Waals surface area contributed by atoms with Gasteiger partial charge in [0.25, 0.3) is 11.8 Å². The van der Waals surface area contributed by atoms with E-state index in [1.807, 2.05) is 0 Å². The topological polar surface area (TPSA) is 151 Å². The van der Waals surface area contributed by atoms with E-state index in [9.17, 15) is 29.1 Å². The minimum absolute atomic E-state index is 0.124. The molecule has 11 heteroatoms. The Morgan fingerprint density at radius 1 is 1.24 bits per heavy atom. The molecule has 0 radical (unpaired) electrons. The number of nitrogens with one attached hydrogen (secondary N) is 2. The molecule has 4 rings (SSSR count). The Hall–Kier alpha value is -3.47. The van der Waals surface area contributed by atoms with Crippen molar-refractivity contribution in [1.29, 1.82) is 0 Å². The largest absolute Gasteiger partial charge is 0.483 e. The molecule has 3 aliphatic rings. The van der Waals surface area contributed by atoms with Crippen molar-refractivity contribution in [1.82, 2.24) is 15.5 Å². The van der Waals surface area contributed by atoms with Gasteiger partial charge in [-0.1, -0.05) is 6.07 Å². The molecule has 1 aromatic carbocycles. The van der Waals surface area contributed by atoms with Crippen LogP contribution in [0.25, 0.3) is 0 Å². The van der Waals surface area contributed by atoms with Gasteiger partial charge in [-0.2, -0.15) is 0 Å². The van der Waals surface area contributed by atoms with Crippen molar-refractivity contribution < 1.29 is 38.6 Å². The second-order valence-corrected chi connectivity index (χ2v) is 8.48. The summed E-state index contributed by atoms with van der Waals surface area (Å²) in [6.45, 7) is 0.488. The summed E-state index contributed by atoms with van der Waals surface area (Å²) in [6, 6.07) is 4.14. The van der Waals surface area contributed by atoms with Crippen molar-refractivity contribution >= 4 is 29.6 Å². The van der Waals surface area contributed by atoms with Gasteiger partial charge in [-0.25, -0.2) is 0 Å². The van der Waals surface area contributed by atoms with Crippen LogP contribution < -0.4 is 15.4 Å². The van der Waals surface area contributed by atoms with Gasteiger partial charge in [0.2, 0.25) is 11.8 Å². The molecule has 3 N–H and O–H groups in total. The number of benzene rings is 1. The number of ether oxygens (including phenoxy) is 2. The van der Waals surface area contributed by atoms with E-state index >= 15 is 0 Å². The van der Waals surface area contributed by atoms with E-state index in [2.05, 4.69) is 10.6 Å². The zero-order valence-electron chi connectivity index (χ0n) is 17.9. The number of carbonyl (C=O) groups is 5. The summed E-state index contributed by atoms with van der Waals surface area (Å²) < 4.78 is 11.0. The molecular weight excluding hydrogens is 434 g/mol. The molecule has 33 heavy (non-hydrogen) atoms. The summed E-state index contributed by atoms with van der Waals surface area (Å²) in [7, 11) is 0. The summed E-state index contributed by atoms with van der Waals surface area (Å²) in [5, 5.41) is 14.3. The van der Waals surface area contributed by atoms with Crippen LogP contribution >= 0.6 is 0 Å². The molecule has 0 saturated carbocycles. The highest BCUT2D eigenvalue weighted by Gasteiger charge is 2.40. The molecule has 3 aliphatic heterocycles. The first-order chi connectivity index (χ1) is 15.8. The van der Waals surface area contributed by atoms with Crippen LogP contribution in [0.3, 0.4) is 0 Å². The van der Waals surface area contributed by atoms with Gasteiger partial charge in [-0.3, -0.25) is 29.3 Å². The standard InChI is InChI=1S/C22H25N3O8/c26-17-5-4-15(20(30)23-17)25-11-14-13(21(25)31)2-1-3-16(14)33-12-18(27)24-22(10-19(28)29)6-8-32-9-7-22/h1-3,15H,4-12H2,(H,24,27)(H,28,29)(H,23,26,30). The lowest BCUT2D eigenvalue weighted by molar-refractivity contribution is -0.141. The Kier molecular flexibility index (Phi) is 6.32. The first-order valence-corrected chi connectivity index (χ1v) is 10.8. The Labute approximate surface area is 189 Å². The number of fused-ring (bicyclic) bond motifs is 1. The number of carboxylic acid groups (broad SMARTS) is 1. The summed E-state index contributed by atoms with van der Waals surface area (Å²) in [5.74, 6) is -2.34. The number of aliphatic carboxylic acids is 1. The van der Waals surface area contributed by atoms with Crippen LogP contribution in [-0.2, 0) is 30.5 Å². The highest BCUT2D eigenvalue weighted by molar-refractivity contribution is 6.05. The second-order valence-electron chi connectivity index (χ2n) is 8.48. The van der Waals surface area contributed by atoms with Crippen LogP contribution in [0.2, 0.25) is 0 Å². The molecule has 176 valence electrons. The predicted octanol–water partition coefficient (Wildman–Crippen LogP) is -0.0335. The maximum absolute atomic E-state index is 12.9. The summed E-state index contributed by atoms with van der Waals surface area (Å²) in [6.07, 6.45) is 0.974. The van der Waals surface area contributed by atoms with Gasteiger partial charge >= 0.3 is 5.97 Å². The Morgan fingerprint density at radius 3 is 2.70 bits per heavy atom. The average Bonchev–Trinajstić information content (AvgIpc) is 3.09. The molecule has 0 spiro atoms. The number of carboxylic acids is 1. The summed E-state index contributed by atoms with van der Waals surface area (Å²) in [4.78, 5) is 61.8. The summed E-state index contributed by atoms with van der Waals surface area (Å²) in [5.41, 5.74) is 0.0533. The Balaban J connectivity index is 1.42. The molecule has 2 saturated heterocycles. The number of carbonyl (C=O) groups excluding carboxylic acids is 4. The second kappa shape index (κ2) is 9.18. The third kappa shape index (κ3) is 4.82. The zero-order chi connectivity index (χ0) is 23.6. The summed E-state index contributed by atoms with van der Waals surface area (Å²) >= 11 is 0. The number of imide groups is 1. The van der Waals surface area contributed by atoms with Crippen molar-refractivity contribution in [3.63, 3.8) is 0 Å². The van der Waals surface area contributed by atoms with E-state index in [1.165, 1.54) is 4.90 Å². The molecule has 1 unspecified atom stereocenters. The number of amides is 4. The Bertz CT molecular complexity index is 1000. The highest BCUT2D eigenvalue weighted by Crippen LogP contribution is 2.33. The fraction of sp³-hybridized carbons (Fsp3) is 0.500. The van der Waals surface area contributed by atoms with Crippen LogP contribution in [0, 0.1) is 0 Å². The monoisotopic (exact) mass is 459 g/mol. The van der Waals surface area contributed by atoms with E-state index in [-0.39, 0.29) is 44.2 Å². The maximum atomic E-state index is 12.9. The molecule has 4 amide bonds. The quantitative estimate of drug-likeness (QED) is 0.481. The maximum Gasteiger partial charge on any atom is 0.305 e. The first-order valence-electron chi connectivity index (χ1n) is 10.8. The van der Waals surface area contributed by atoms with Crippen LogP contribution in [0.1, 0.15) is 48.0 Å². The van der Waals surface area contributed by atoms with Gasteiger partial charge in [0.05, 0.1) is 18.5 Å². The van der Waals surface area contributed by atoms with Gasteiger partial charge in [-0.05, 0) is 31.4 Å². The lowest BCUT2D eigenvalue weighted by Gasteiger charge is -2.36. The molecule has 3 heterocycles. The molecule has 0 aliphatic carbocycles. The third-order valence-corrected chi connectivity index (χ3v) is 6.24. The van der Waals surface area contributed by atoms with Crippen LogP contribution in [0.15, 0.2) is 18.2 Å². The number of rotatable bonds is 7. The fourth-order valence-corrected chi connectivity index (χ4v) is 4.57. The van der Waals surface area contributed by atoms with Gasteiger partial charge in [0.1, 0.15) is 11.8 Å². The van der Waals surface area contributed by atoms with Gasteiger partial charge in [0.15, 0.2) is 6.61 Å². The SMILES string of the molecule is O=C(O)CC1(NC(=O)COc2cccc3c2CN(C2CCC(=O)NC2=O)C3=O)CCOCC1. The number of hydrogen-bond donors (Lipinski definition) is 3. The van der Waals surface area contributed by atoms with Crippen molar-refractivity contribution in [3.8, 4) is 5.75 Å². The third-order valence-electron chi connectivity index (χ3n) is 6.24. The minimum atomic E-state index is -1.01. The van der Waals surface area contributed by atoms with Gasteiger partial charge in [0, 0.05) is 30.8 Å². The smallest absolute Gasteiger partial charge is 0.305 e. The van der Waals surface area contributed by atoms with Crippen molar-refractivity contribution in [2.75, 3.05) is 19.8 Å². The molecule has 0 aromatic heterocycles. The number of hydrogen-bond acceptors (Lipinski definition) is 7. The van der Waals surface area contributed by atoms with Gasteiger partial charge < -0.3 is 24.8 Å². The lowest BCUT2D eigenvalue weighted by atomic mass is 9.86. The van der Waals surface area contributed by atoms with E-state index < -0.39 is 29.4 Å². The zero-order valence-corrected chi connectivity index (χ0v) is 17.9. The molecule has 1 atom stereocenters. The fourth-order valence-electron chi connectivity index (χ4n) is 4.57. The van der Waals surface area contributed by atoms with Crippen molar-refractivity contribution in [3.05, 3.63) is 29.3 Å². The van der Waals surface area contributed by atoms with E-state index in [1.54, 1.807) is 18.2 Å². The predicted molar refractivity (Wildman–Crippen MR) is 111 cm³/mol. The van der Waals surface area contributed by atoms with Crippen LogP contribution in [-0.4, -0.2) is 71.0 Å². The molecule has 2 fully saturated rings. The molecular formula is C22H25N3O8. The lowest BCUT2D eigenvalue weighted by Crippen LogP contribution is -2.54. The molecule has 1 aromatic rings. The van der Waals surface area contributed by atoms with Gasteiger partial charge in [-0.15, -0.1) is 0 Å². The van der Waals surface area contributed by atoms with Crippen LogP contribution in [0.4, 0.5) is 0 Å². The molecule has 11 nitrogen and oxygen atoms in total. The van der Waals surface area contributed by atoms with E-state index in [4.69, 9.17) is 9.47 Å². The van der Waals surface area contributed by atoms with Crippen LogP contribution in [0.5, 0.6) is 5.75 Å².